The molecule has 1 aromatic heterocycles. The molecule has 4 nitrogen and oxygen atoms in total. The van der Waals surface area contributed by atoms with Gasteiger partial charge in [0.15, 0.2) is 0 Å². The molecule has 0 atom stereocenters. The monoisotopic (exact) mass is 370 g/mol. The van der Waals surface area contributed by atoms with E-state index in [1.807, 2.05) is 24.3 Å². The number of hydrogen-bond donors (Lipinski definition) is 2. The molecule has 3 rings (SSSR count). The first kappa shape index (κ1) is 17.2. The van der Waals surface area contributed by atoms with Crippen molar-refractivity contribution in [3.63, 3.8) is 0 Å². The molecule has 1 heterocycles. The van der Waals surface area contributed by atoms with Gasteiger partial charge in [-0.1, -0.05) is 29.8 Å². The molecule has 6 heteroatoms. The molecule has 0 unspecified atom stereocenters. The molecule has 0 spiro atoms. The maximum Gasteiger partial charge on any atom is 0.248 e. The summed E-state index contributed by atoms with van der Waals surface area (Å²) in [5.74, 6) is -0.769. The van der Waals surface area contributed by atoms with Gasteiger partial charge < -0.3 is 11.1 Å². The summed E-state index contributed by atoms with van der Waals surface area (Å²) in [4.78, 5) is 24.2. The van der Waals surface area contributed by atoms with Crippen LogP contribution in [0.25, 0.3) is 16.2 Å². The highest BCUT2D eigenvalue weighted by atomic mass is 35.5. The van der Waals surface area contributed by atoms with Crippen molar-refractivity contribution in [2.75, 3.05) is 5.32 Å². The minimum Gasteiger partial charge on any atom is -0.366 e. The second-order valence-electron chi connectivity index (χ2n) is 5.49. The summed E-state index contributed by atoms with van der Waals surface area (Å²) in [5.41, 5.74) is 7.02. The minimum absolute atomic E-state index is 0.278. The summed E-state index contributed by atoms with van der Waals surface area (Å²) in [6.45, 7) is 1.77. The van der Waals surface area contributed by atoms with Gasteiger partial charge in [0, 0.05) is 32.3 Å². The highest BCUT2D eigenvalue weighted by Gasteiger charge is 2.09. The predicted octanol–water partition coefficient (Wildman–Crippen LogP) is 4.61. The van der Waals surface area contributed by atoms with Crippen LogP contribution in [0.2, 0.25) is 5.02 Å². The van der Waals surface area contributed by atoms with Gasteiger partial charge in [-0.05, 0) is 42.8 Å². The number of benzene rings is 2. The Bertz CT molecular complexity index is 1010. The Hall–Kier alpha value is -2.63. The zero-order chi connectivity index (χ0) is 18.0. The zero-order valence-corrected chi connectivity index (χ0v) is 14.9. The first-order valence-electron chi connectivity index (χ1n) is 7.52. The maximum atomic E-state index is 12.1. The number of hydrogen-bond acceptors (Lipinski definition) is 3. The Balaban J connectivity index is 1.75. The van der Waals surface area contributed by atoms with Gasteiger partial charge in [-0.15, -0.1) is 11.3 Å². The van der Waals surface area contributed by atoms with Crippen LogP contribution in [0.15, 0.2) is 48.5 Å². The van der Waals surface area contributed by atoms with E-state index >= 15 is 0 Å². The third-order valence-corrected chi connectivity index (χ3v) is 5.36. The van der Waals surface area contributed by atoms with Gasteiger partial charge in [-0.25, -0.2) is 0 Å². The number of carbonyl (C=O) groups is 2. The third-order valence-electron chi connectivity index (χ3n) is 3.71. The molecule has 3 aromatic rings. The first-order chi connectivity index (χ1) is 12.0. The second kappa shape index (κ2) is 7.09. The normalized spacial score (nSPS) is 11.1. The molecular formula is C19H15ClN2O2S. The molecule has 3 N–H and O–H groups in total. The minimum atomic E-state index is -0.491. The van der Waals surface area contributed by atoms with E-state index in [9.17, 15) is 9.59 Å². The first-order valence-corrected chi connectivity index (χ1v) is 8.71. The van der Waals surface area contributed by atoms with E-state index in [0.29, 0.717) is 21.8 Å². The topological polar surface area (TPSA) is 72.2 Å². The number of anilines is 1. The van der Waals surface area contributed by atoms with E-state index in [2.05, 4.69) is 5.32 Å². The number of amides is 2. The average molecular weight is 371 g/mol. The van der Waals surface area contributed by atoms with E-state index in [-0.39, 0.29) is 5.91 Å². The second-order valence-corrected chi connectivity index (χ2v) is 6.95. The summed E-state index contributed by atoms with van der Waals surface area (Å²) >= 11 is 7.88. The quantitative estimate of drug-likeness (QED) is 0.658. The van der Waals surface area contributed by atoms with Crippen molar-refractivity contribution in [1.82, 2.24) is 0 Å². The van der Waals surface area contributed by atoms with Crippen LogP contribution >= 0.6 is 22.9 Å². The molecule has 126 valence electrons. The number of primary amides is 1. The number of carbonyl (C=O) groups excluding carboxylic acids is 2. The highest BCUT2D eigenvalue weighted by molar-refractivity contribution is 7.20. The molecule has 0 radical (unpaired) electrons. The fourth-order valence-corrected chi connectivity index (χ4v) is 3.89. The van der Waals surface area contributed by atoms with Gasteiger partial charge >= 0.3 is 0 Å². The lowest BCUT2D eigenvalue weighted by atomic mass is 10.1. The van der Waals surface area contributed by atoms with Crippen molar-refractivity contribution < 1.29 is 9.59 Å². The lowest BCUT2D eigenvalue weighted by Crippen LogP contribution is -2.13. The summed E-state index contributed by atoms with van der Waals surface area (Å²) in [5, 5.41) is 4.38. The number of fused-ring (bicyclic) bond motifs is 1. The van der Waals surface area contributed by atoms with Crippen LogP contribution in [-0.4, -0.2) is 11.8 Å². The Morgan fingerprint density at radius 2 is 1.96 bits per heavy atom. The van der Waals surface area contributed by atoms with E-state index in [1.165, 1.54) is 17.4 Å². The smallest absolute Gasteiger partial charge is 0.248 e. The van der Waals surface area contributed by atoms with Crippen molar-refractivity contribution in [1.29, 1.82) is 0 Å². The van der Waals surface area contributed by atoms with E-state index in [0.717, 1.165) is 15.0 Å². The standard InChI is InChI=1S/C19H15ClN2O2S/c1-11-10-12(6-7-13(11)19(21)24)22-17(23)9-8-16-18(20)14-4-2-3-5-15(14)25-16/h2-10H,1H3,(H2,21,24)(H,22,23)/b9-8+. The Labute approximate surface area is 153 Å². The van der Waals surface area contributed by atoms with Gasteiger partial charge in [0.05, 0.1) is 5.02 Å². The van der Waals surface area contributed by atoms with Crippen molar-refractivity contribution in [3.05, 3.63) is 69.6 Å². The molecular weight excluding hydrogens is 356 g/mol. The van der Waals surface area contributed by atoms with Crippen LogP contribution in [0.3, 0.4) is 0 Å². The number of nitrogens with two attached hydrogens (primary N) is 1. The van der Waals surface area contributed by atoms with Crippen molar-refractivity contribution in [3.8, 4) is 0 Å². The molecule has 0 aliphatic carbocycles. The van der Waals surface area contributed by atoms with Crippen LogP contribution in [0, 0.1) is 6.92 Å². The summed E-state index contributed by atoms with van der Waals surface area (Å²) in [6.07, 6.45) is 3.14. The molecule has 2 amide bonds. The predicted molar refractivity (Wildman–Crippen MR) is 104 cm³/mol. The molecule has 0 saturated heterocycles. The van der Waals surface area contributed by atoms with Crippen molar-refractivity contribution in [2.45, 2.75) is 6.92 Å². The van der Waals surface area contributed by atoms with Crippen LogP contribution in [0.4, 0.5) is 5.69 Å². The average Bonchev–Trinajstić information content (AvgIpc) is 2.89. The molecule has 2 aromatic carbocycles. The largest absolute Gasteiger partial charge is 0.366 e. The lowest BCUT2D eigenvalue weighted by molar-refractivity contribution is -0.111. The van der Waals surface area contributed by atoms with E-state index in [4.69, 9.17) is 17.3 Å². The molecule has 0 bridgehead atoms. The van der Waals surface area contributed by atoms with Crippen LogP contribution < -0.4 is 11.1 Å². The van der Waals surface area contributed by atoms with Gasteiger partial charge in [-0.2, -0.15) is 0 Å². The third kappa shape index (κ3) is 3.73. The van der Waals surface area contributed by atoms with Crippen molar-refractivity contribution in [2.24, 2.45) is 5.73 Å². The lowest BCUT2D eigenvalue weighted by Gasteiger charge is -2.06. The van der Waals surface area contributed by atoms with E-state index < -0.39 is 5.91 Å². The molecule has 0 fully saturated rings. The molecule has 0 saturated carbocycles. The maximum absolute atomic E-state index is 12.1. The summed E-state index contributed by atoms with van der Waals surface area (Å²) in [7, 11) is 0. The number of aryl methyl sites for hydroxylation is 1. The van der Waals surface area contributed by atoms with Crippen LogP contribution in [0.1, 0.15) is 20.8 Å². The van der Waals surface area contributed by atoms with Gasteiger partial charge in [0.2, 0.25) is 11.8 Å². The van der Waals surface area contributed by atoms with Crippen molar-refractivity contribution >= 4 is 56.6 Å². The number of rotatable bonds is 4. The summed E-state index contributed by atoms with van der Waals surface area (Å²) in [6, 6.07) is 12.8. The number of nitrogens with one attached hydrogen (secondary N) is 1. The molecule has 25 heavy (non-hydrogen) atoms. The Morgan fingerprint density at radius 3 is 2.64 bits per heavy atom. The van der Waals surface area contributed by atoms with Crippen LogP contribution in [0.5, 0.6) is 0 Å². The fourth-order valence-electron chi connectivity index (χ4n) is 2.49. The number of thiophene rings is 1. The Morgan fingerprint density at radius 1 is 1.20 bits per heavy atom. The molecule has 0 aliphatic rings. The van der Waals surface area contributed by atoms with Crippen LogP contribution in [-0.2, 0) is 4.79 Å². The molecule has 0 aliphatic heterocycles. The van der Waals surface area contributed by atoms with Gasteiger partial charge in [-0.3, -0.25) is 9.59 Å². The summed E-state index contributed by atoms with van der Waals surface area (Å²) < 4.78 is 1.07. The van der Waals surface area contributed by atoms with Gasteiger partial charge in [0.1, 0.15) is 0 Å². The zero-order valence-electron chi connectivity index (χ0n) is 13.4. The SMILES string of the molecule is Cc1cc(NC(=O)/C=C/c2sc3ccccc3c2Cl)ccc1C(N)=O. The van der Waals surface area contributed by atoms with Gasteiger partial charge in [0.25, 0.3) is 0 Å². The number of halogens is 1. The Kier molecular flexibility index (Phi) is 4.88. The fraction of sp³-hybridized carbons (Fsp3) is 0.0526. The highest BCUT2D eigenvalue weighted by Crippen LogP contribution is 2.35. The van der Waals surface area contributed by atoms with E-state index in [1.54, 1.807) is 31.2 Å².